The fourth-order valence-corrected chi connectivity index (χ4v) is 2.30. The van der Waals surface area contributed by atoms with Crippen molar-refractivity contribution in [2.75, 3.05) is 18.1 Å². The lowest BCUT2D eigenvalue weighted by atomic mass is 10.1. The molecule has 2 unspecified atom stereocenters. The first-order valence-corrected chi connectivity index (χ1v) is 6.59. The molecular formula is C10H22N2O2S. The number of carbonyl (C=O) groups is 1. The number of carbonyl (C=O) groups excluding carboxylic acids is 1. The Kier molecular flexibility index (Phi) is 6.05. The van der Waals surface area contributed by atoms with E-state index >= 15 is 0 Å². The number of amides is 1. The van der Waals surface area contributed by atoms with Crippen LogP contribution >= 0.6 is 0 Å². The zero-order valence-electron chi connectivity index (χ0n) is 10.0. The highest BCUT2D eigenvalue weighted by atomic mass is 32.2. The Morgan fingerprint density at radius 2 is 2.00 bits per heavy atom. The lowest BCUT2D eigenvalue weighted by Crippen LogP contribution is -2.43. The summed E-state index contributed by atoms with van der Waals surface area (Å²) in [6.45, 7) is 8.13. The van der Waals surface area contributed by atoms with E-state index in [9.17, 15) is 9.00 Å². The average molecular weight is 234 g/mol. The Hall–Kier alpha value is -0.420. The van der Waals surface area contributed by atoms with E-state index in [1.54, 1.807) is 0 Å². The number of nitrogens with one attached hydrogen (secondary N) is 1. The van der Waals surface area contributed by atoms with Crippen molar-refractivity contribution in [3.8, 4) is 0 Å². The summed E-state index contributed by atoms with van der Waals surface area (Å²) >= 11 is 0. The molecule has 0 spiro atoms. The summed E-state index contributed by atoms with van der Waals surface area (Å²) < 4.78 is 11.5. The minimum Gasteiger partial charge on any atom is -0.351 e. The molecule has 0 aliphatic heterocycles. The molecule has 90 valence electrons. The molecule has 0 aromatic heterocycles. The van der Waals surface area contributed by atoms with E-state index in [4.69, 9.17) is 5.73 Å². The Balaban J connectivity index is 3.92. The Morgan fingerprint density at radius 3 is 2.40 bits per heavy atom. The summed E-state index contributed by atoms with van der Waals surface area (Å²) in [7, 11) is -1.11. The lowest BCUT2D eigenvalue weighted by molar-refractivity contribution is -0.119. The predicted molar refractivity (Wildman–Crippen MR) is 64.0 cm³/mol. The van der Waals surface area contributed by atoms with E-state index in [0.717, 1.165) is 0 Å². The average Bonchev–Trinajstić information content (AvgIpc) is 1.99. The normalized spacial score (nSPS) is 15.8. The third-order valence-electron chi connectivity index (χ3n) is 1.68. The van der Waals surface area contributed by atoms with Crippen LogP contribution in [0, 0.1) is 5.92 Å². The molecule has 5 heteroatoms. The molecule has 0 saturated heterocycles. The van der Waals surface area contributed by atoms with Gasteiger partial charge in [0.25, 0.3) is 0 Å². The van der Waals surface area contributed by atoms with Crippen LogP contribution in [0.15, 0.2) is 0 Å². The molecule has 0 saturated carbocycles. The number of rotatable bonds is 5. The first-order chi connectivity index (χ1) is 6.74. The molecule has 0 aromatic rings. The van der Waals surface area contributed by atoms with Crippen LogP contribution in [0.25, 0.3) is 0 Å². The molecule has 15 heavy (non-hydrogen) atoms. The molecule has 0 radical (unpaired) electrons. The van der Waals surface area contributed by atoms with Crippen molar-refractivity contribution in [1.29, 1.82) is 0 Å². The summed E-state index contributed by atoms with van der Waals surface area (Å²) in [6, 6.07) is 0. The maximum atomic E-state index is 11.5. The van der Waals surface area contributed by atoms with E-state index in [-0.39, 0.29) is 23.1 Å². The summed E-state index contributed by atoms with van der Waals surface area (Å²) in [6.07, 6.45) is 0. The van der Waals surface area contributed by atoms with Crippen LogP contribution in [0.5, 0.6) is 0 Å². The molecule has 4 nitrogen and oxygen atoms in total. The zero-order valence-corrected chi connectivity index (χ0v) is 10.8. The maximum absolute atomic E-state index is 11.5. The largest absolute Gasteiger partial charge is 0.351 e. The fraction of sp³-hybridized carbons (Fsp3) is 0.900. The maximum Gasteiger partial charge on any atom is 0.233 e. The SMILES string of the molecule is CC(CN)CS(=O)CC(=O)NC(C)(C)C. The number of hydrogen-bond donors (Lipinski definition) is 2. The Bertz CT molecular complexity index is 236. The van der Waals surface area contributed by atoms with E-state index in [2.05, 4.69) is 5.32 Å². The Labute approximate surface area is 94.4 Å². The minimum absolute atomic E-state index is 0.0710. The highest BCUT2D eigenvalue weighted by Crippen LogP contribution is 2.00. The van der Waals surface area contributed by atoms with E-state index in [1.165, 1.54) is 0 Å². The van der Waals surface area contributed by atoms with Crippen LogP contribution in [-0.4, -0.2) is 33.7 Å². The smallest absolute Gasteiger partial charge is 0.233 e. The molecule has 0 bridgehead atoms. The molecule has 0 aliphatic carbocycles. The molecular weight excluding hydrogens is 212 g/mol. The first kappa shape index (κ1) is 14.6. The van der Waals surface area contributed by atoms with Gasteiger partial charge in [0.2, 0.25) is 5.91 Å². The van der Waals surface area contributed by atoms with Crippen molar-refractivity contribution < 1.29 is 9.00 Å². The standard InChI is InChI=1S/C10H22N2O2S/c1-8(5-11)6-15(14)7-9(13)12-10(2,3)4/h8H,5-7,11H2,1-4H3,(H,12,13). The third-order valence-corrected chi connectivity index (χ3v) is 3.20. The predicted octanol–water partition coefficient (Wildman–Crippen LogP) is 0.245. The van der Waals surface area contributed by atoms with Crippen molar-refractivity contribution in [3.05, 3.63) is 0 Å². The van der Waals surface area contributed by atoms with E-state index < -0.39 is 10.8 Å². The minimum atomic E-state index is -1.11. The molecule has 0 heterocycles. The molecule has 0 aliphatic rings. The van der Waals surface area contributed by atoms with Crippen LogP contribution < -0.4 is 11.1 Å². The third kappa shape index (κ3) is 8.57. The van der Waals surface area contributed by atoms with Gasteiger partial charge in [-0.05, 0) is 33.2 Å². The van der Waals surface area contributed by atoms with Gasteiger partial charge in [-0.25, -0.2) is 0 Å². The lowest BCUT2D eigenvalue weighted by Gasteiger charge is -2.20. The number of hydrogen-bond acceptors (Lipinski definition) is 3. The summed E-state index contributed by atoms with van der Waals surface area (Å²) in [5.41, 5.74) is 5.15. The van der Waals surface area contributed by atoms with Gasteiger partial charge in [0.05, 0.1) is 0 Å². The quantitative estimate of drug-likeness (QED) is 0.716. The van der Waals surface area contributed by atoms with Gasteiger partial charge in [-0.2, -0.15) is 0 Å². The first-order valence-electron chi connectivity index (χ1n) is 5.10. The second-order valence-corrected chi connectivity index (χ2v) is 6.39. The van der Waals surface area contributed by atoms with E-state index in [0.29, 0.717) is 12.3 Å². The highest BCUT2D eigenvalue weighted by molar-refractivity contribution is 7.85. The van der Waals surface area contributed by atoms with Gasteiger partial charge in [-0.1, -0.05) is 6.92 Å². The van der Waals surface area contributed by atoms with Crippen molar-refractivity contribution >= 4 is 16.7 Å². The van der Waals surface area contributed by atoms with Gasteiger partial charge in [0.1, 0.15) is 5.75 Å². The topological polar surface area (TPSA) is 72.2 Å². The fourth-order valence-electron chi connectivity index (χ4n) is 1.04. The summed E-state index contributed by atoms with van der Waals surface area (Å²) in [5, 5.41) is 2.78. The molecule has 3 N–H and O–H groups in total. The van der Waals surface area contributed by atoms with Gasteiger partial charge in [0.15, 0.2) is 0 Å². The zero-order chi connectivity index (χ0) is 12.1. The second-order valence-electron chi connectivity index (χ2n) is 4.89. The van der Waals surface area contributed by atoms with Gasteiger partial charge in [-0.3, -0.25) is 9.00 Å². The van der Waals surface area contributed by atoms with Crippen molar-refractivity contribution in [2.45, 2.75) is 33.2 Å². The van der Waals surface area contributed by atoms with Gasteiger partial charge < -0.3 is 11.1 Å². The monoisotopic (exact) mass is 234 g/mol. The number of nitrogens with two attached hydrogens (primary N) is 1. The molecule has 0 fully saturated rings. The summed E-state index contributed by atoms with van der Waals surface area (Å²) in [5.74, 6) is 0.605. The molecule has 2 atom stereocenters. The van der Waals surface area contributed by atoms with Crippen LogP contribution in [0.1, 0.15) is 27.7 Å². The van der Waals surface area contributed by atoms with Crippen LogP contribution in [0.2, 0.25) is 0 Å². The van der Waals surface area contributed by atoms with Crippen LogP contribution in [-0.2, 0) is 15.6 Å². The van der Waals surface area contributed by atoms with Crippen molar-refractivity contribution in [2.24, 2.45) is 11.7 Å². The second kappa shape index (κ2) is 6.23. The van der Waals surface area contributed by atoms with Crippen molar-refractivity contribution in [3.63, 3.8) is 0 Å². The van der Waals surface area contributed by atoms with Gasteiger partial charge in [-0.15, -0.1) is 0 Å². The Morgan fingerprint density at radius 1 is 1.47 bits per heavy atom. The van der Waals surface area contributed by atoms with Crippen LogP contribution in [0.4, 0.5) is 0 Å². The molecule has 1 amide bonds. The molecule has 0 rings (SSSR count). The highest BCUT2D eigenvalue weighted by Gasteiger charge is 2.16. The van der Waals surface area contributed by atoms with E-state index in [1.807, 2.05) is 27.7 Å². The van der Waals surface area contributed by atoms with Crippen molar-refractivity contribution in [1.82, 2.24) is 5.32 Å². The van der Waals surface area contributed by atoms with Crippen LogP contribution in [0.3, 0.4) is 0 Å². The summed E-state index contributed by atoms with van der Waals surface area (Å²) in [4.78, 5) is 11.4. The van der Waals surface area contributed by atoms with Gasteiger partial charge >= 0.3 is 0 Å². The van der Waals surface area contributed by atoms with Gasteiger partial charge in [0, 0.05) is 22.1 Å². The molecule has 0 aromatic carbocycles.